The Morgan fingerprint density at radius 1 is 1.18 bits per heavy atom. The minimum atomic E-state index is 0.610. The Bertz CT molecular complexity index is 298. The Morgan fingerprint density at radius 2 is 1.82 bits per heavy atom. The first-order valence-electron chi connectivity index (χ1n) is 5.58. The molecule has 0 saturated carbocycles. The summed E-state index contributed by atoms with van der Waals surface area (Å²) < 4.78 is 18.5. The fourth-order valence-corrected chi connectivity index (χ4v) is 1.65. The van der Waals surface area contributed by atoms with Crippen LogP contribution in [-0.2, 0) is 20.8 Å². The van der Waals surface area contributed by atoms with E-state index in [0.717, 1.165) is 10.2 Å². The van der Waals surface area contributed by atoms with Crippen LogP contribution in [-0.4, -0.2) is 49.9 Å². The van der Waals surface area contributed by atoms with Gasteiger partial charge in [-0.1, -0.05) is 0 Å². The van der Waals surface area contributed by atoms with Crippen LogP contribution in [0.2, 0.25) is 0 Å². The largest absolute Gasteiger partial charge is 0.382 e. The van der Waals surface area contributed by atoms with Crippen LogP contribution < -0.4 is 0 Å². The van der Waals surface area contributed by atoms with E-state index < -0.39 is 0 Å². The standard InChI is InChI=1S/C11H19IN2O3/c1-10-9-14(13-11(10)12)3-4-16-7-8-17-6-5-15-2/h9H,3-8H2,1-2H3. The lowest BCUT2D eigenvalue weighted by molar-refractivity contribution is 0.0225. The molecular weight excluding hydrogens is 335 g/mol. The van der Waals surface area contributed by atoms with Gasteiger partial charge < -0.3 is 14.2 Å². The van der Waals surface area contributed by atoms with Gasteiger partial charge in [0.1, 0.15) is 3.70 Å². The van der Waals surface area contributed by atoms with Crippen LogP contribution in [0.3, 0.4) is 0 Å². The van der Waals surface area contributed by atoms with Gasteiger partial charge in [-0.2, -0.15) is 5.10 Å². The highest BCUT2D eigenvalue weighted by atomic mass is 127. The van der Waals surface area contributed by atoms with Gasteiger partial charge in [-0.05, 0) is 29.5 Å². The van der Waals surface area contributed by atoms with Crippen molar-refractivity contribution in [1.29, 1.82) is 0 Å². The molecule has 0 bridgehead atoms. The summed E-state index contributed by atoms with van der Waals surface area (Å²) >= 11 is 2.23. The highest BCUT2D eigenvalue weighted by Gasteiger charge is 2.00. The second-order valence-electron chi connectivity index (χ2n) is 3.58. The van der Waals surface area contributed by atoms with Crippen molar-refractivity contribution >= 4 is 22.6 Å². The molecule has 0 unspecified atom stereocenters. The smallest absolute Gasteiger partial charge is 0.126 e. The molecule has 0 aliphatic carbocycles. The highest BCUT2D eigenvalue weighted by Crippen LogP contribution is 2.07. The molecule has 0 spiro atoms. The van der Waals surface area contributed by atoms with Gasteiger partial charge >= 0.3 is 0 Å². The van der Waals surface area contributed by atoms with Crippen LogP contribution in [0.1, 0.15) is 5.56 Å². The summed E-state index contributed by atoms with van der Waals surface area (Å²) in [5.41, 5.74) is 1.20. The number of ether oxygens (including phenoxy) is 3. The number of rotatable bonds is 9. The summed E-state index contributed by atoms with van der Waals surface area (Å²) in [7, 11) is 1.66. The average Bonchev–Trinajstić information content (AvgIpc) is 2.62. The summed E-state index contributed by atoms with van der Waals surface area (Å²) in [6.45, 7) is 5.96. The van der Waals surface area contributed by atoms with Crippen molar-refractivity contribution in [3.05, 3.63) is 15.5 Å². The molecule has 98 valence electrons. The predicted molar refractivity (Wildman–Crippen MR) is 73.2 cm³/mol. The zero-order valence-corrected chi connectivity index (χ0v) is 12.5. The van der Waals surface area contributed by atoms with Crippen molar-refractivity contribution in [2.45, 2.75) is 13.5 Å². The second kappa shape index (κ2) is 8.84. The molecule has 0 aromatic carbocycles. The lowest BCUT2D eigenvalue weighted by Gasteiger charge is -2.05. The average molecular weight is 354 g/mol. The number of methoxy groups -OCH3 is 1. The van der Waals surface area contributed by atoms with Crippen molar-refractivity contribution in [3.63, 3.8) is 0 Å². The van der Waals surface area contributed by atoms with Gasteiger partial charge in [-0.15, -0.1) is 0 Å². The van der Waals surface area contributed by atoms with Crippen molar-refractivity contribution in [3.8, 4) is 0 Å². The molecule has 17 heavy (non-hydrogen) atoms. The van der Waals surface area contributed by atoms with Crippen LogP contribution in [0.15, 0.2) is 6.20 Å². The maximum atomic E-state index is 5.44. The molecule has 0 aliphatic heterocycles. The Hall–Kier alpha value is -0.180. The summed E-state index contributed by atoms with van der Waals surface area (Å²) in [6.07, 6.45) is 2.03. The van der Waals surface area contributed by atoms with Gasteiger partial charge in [-0.3, -0.25) is 4.68 Å². The van der Waals surface area contributed by atoms with Crippen LogP contribution in [0.25, 0.3) is 0 Å². The first-order chi connectivity index (χ1) is 8.24. The van der Waals surface area contributed by atoms with Crippen molar-refractivity contribution in [1.82, 2.24) is 9.78 Å². The van der Waals surface area contributed by atoms with E-state index in [2.05, 4.69) is 34.6 Å². The predicted octanol–water partition coefficient (Wildman–Crippen LogP) is 1.48. The molecule has 0 amide bonds. The van der Waals surface area contributed by atoms with Crippen LogP contribution in [0.5, 0.6) is 0 Å². The fourth-order valence-electron chi connectivity index (χ4n) is 1.23. The van der Waals surface area contributed by atoms with Gasteiger partial charge in [-0.25, -0.2) is 0 Å². The van der Waals surface area contributed by atoms with E-state index in [1.165, 1.54) is 5.56 Å². The zero-order valence-electron chi connectivity index (χ0n) is 10.3. The minimum Gasteiger partial charge on any atom is -0.382 e. The van der Waals surface area contributed by atoms with Gasteiger partial charge in [0.2, 0.25) is 0 Å². The first-order valence-corrected chi connectivity index (χ1v) is 6.66. The number of nitrogens with zero attached hydrogens (tertiary/aromatic N) is 2. The molecular formula is C11H19IN2O3. The Balaban J connectivity index is 1.97. The van der Waals surface area contributed by atoms with E-state index in [9.17, 15) is 0 Å². The molecule has 0 fully saturated rings. The number of halogens is 1. The molecule has 1 heterocycles. The van der Waals surface area contributed by atoms with Gasteiger partial charge in [0.25, 0.3) is 0 Å². The van der Waals surface area contributed by atoms with E-state index in [-0.39, 0.29) is 0 Å². The second-order valence-corrected chi connectivity index (χ2v) is 4.61. The molecule has 1 aromatic rings. The minimum absolute atomic E-state index is 0.610. The lowest BCUT2D eigenvalue weighted by Crippen LogP contribution is -2.12. The summed E-state index contributed by atoms with van der Waals surface area (Å²) in [5.74, 6) is 0. The summed E-state index contributed by atoms with van der Waals surface area (Å²) in [4.78, 5) is 0. The third-order valence-corrected chi connectivity index (χ3v) is 3.22. The monoisotopic (exact) mass is 354 g/mol. The number of aromatic nitrogens is 2. The molecule has 0 atom stereocenters. The molecule has 0 aliphatic rings. The third kappa shape index (κ3) is 6.35. The Morgan fingerprint density at radius 3 is 2.41 bits per heavy atom. The highest BCUT2D eigenvalue weighted by molar-refractivity contribution is 14.1. The molecule has 0 saturated heterocycles. The summed E-state index contributed by atoms with van der Waals surface area (Å²) in [5, 5.41) is 4.34. The van der Waals surface area contributed by atoms with Crippen LogP contribution in [0.4, 0.5) is 0 Å². The van der Waals surface area contributed by atoms with Gasteiger partial charge in [0.15, 0.2) is 0 Å². The maximum Gasteiger partial charge on any atom is 0.126 e. The van der Waals surface area contributed by atoms with Crippen molar-refractivity contribution in [2.75, 3.05) is 40.1 Å². The van der Waals surface area contributed by atoms with E-state index in [1.54, 1.807) is 7.11 Å². The quantitative estimate of drug-likeness (QED) is 0.498. The zero-order chi connectivity index (χ0) is 12.5. The van der Waals surface area contributed by atoms with Crippen LogP contribution >= 0.6 is 22.6 Å². The molecule has 1 aromatic heterocycles. The van der Waals surface area contributed by atoms with E-state index in [0.29, 0.717) is 33.0 Å². The molecule has 6 heteroatoms. The van der Waals surface area contributed by atoms with E-state index >= 15 is 0 Å². The molecule has 5 nitrogen and oxygen atoms in total. The van der Waals surface area contributed by atoms with Crippen LogP contribution in [0, 0.1) is 10.6 Å². The van der Waals surface area contributed by atoms with Crippen molar-refractivity contribution < 1.29 is 14.2 Å². The molecule has 0 N–H and O–H groups in total. The maximum absolute atomic E-state index is 5.44. The number of hydrogen-bond acceptors (Lipinski definition) is 4. The van der Waals surface area contributed by atoms with Gasteiger partial charge in [0.05, 0.1) is 39.6 Å². The molecule has 0 radical (unpaired) electrons. The summed E-state index contributed by atoms with van der Waals surface area (Å²) in [6, 6.07) is 0. The van der Waals surface area contributed by atoms with Crippen molar-refractivity contribution in [2.24, 2.45) is 0 Å². The molecule has 1 rings (SSSR count). The van der Waals surface area contributed by atoms with E-state index in [1.807, 2.05) is 10.9 Å². The van der Waals surface area contributed by atoms with Gasteiger partial charge in [0, 0.05) is 18.9 Å². The van der Waals surface area contributed by atoms with E-state index in [4.69, 9.17) is 14.2 Å². The fraction of sp³-hybridized carbons (Fsp3) is 0.727. The third-order valence-electron chi connectivity index (χ3n) is 2.15. The SMILES string of the molecule is COCCOCCOCCn1cc(C)c(I)n1. The normalized spacial score (nSPS) is 11.0. The Labute approximate surface area is 116 Å². The number of hydrogen-bond donors (Lipinski definition) is 0. The lowest BCUT2D eigenvalue weighted by atomic mass is 10.4. The topological polar surface area (TPSA) is 45.5 Å². The number of aryl methyl sites for hydroxylation is 1. The Kier molecular flexibility index (Phi) is 7.74. The first kappa shape index (κ1) is 14.9.